The Morgan fingerprint density at radius 2 is 1.97 bits per heavy atom. The number of anilines is 2. The highest BCUT2D eigenvalue weighted by atomic mass is 16.5. The monoisotopic (exact) mass is 402 g/mol. The van der Waals surface area contributed by atoms with Gasteiger partial charge in [0.2, 0.25) is 0 Å². The second-order valence-electron chi connectivity index (χ2n) is 7.37. The maximum Gasteiger partial charge on any atom is 0.255 e. The highest BCUT2D eigenvalue weighted by molar-refractivity contribution is 6.04. The van der Waals surface area contributed by atoms with Gasteiger partial charge >= 0.3 is 0 Å². The van der Waals surface area contributed by atoms with Crippen LogP contribution in [0, 0.1) is 6.92 Å². The number of amides is 1. The van der Waals surface area contributed by atoms with Gasteiger partial charge in [0.1, 0.15) is 5.82 Å². The van der Waals surface area contributed by atoms with Crippen molar-refractivity contribution < 1.29 is 9.53 Å². The number of carbonyl (C=O) groups is 1. The topological polar surface area (TPSA) is 67.4 Å². The molecule has 0 radical (unpaired) electrons. The van der Waals surface area contributed by atoms with Crippen LogP contribution in [0.4, 0.5) is 11.5 Å². The first kappa shape index (κ1) is 20.0. The molecule has 1 N–H and O–H groups in total. The fraction of sp³-hybridized carbons (Fsp3) is 0.292. The molecule has 0 atom stereocenters. The summed E-state index contributed by atoms with van der Waals surface area (Å²) in [6.07, 6.45) is 4.41. The molecule has 0 saturated carbocycles. The van der Waals surface area contributed by atoms with Crippen LogP contribution in [0.2, 0.25) is 0 Å². The van der Waals surface area contributed by atoms with E-state index in [9.17, 15) is 4.79 Å². The van der Waals surface area contributed by atoms with E-state index in [0.717, 1.165) is 47.7 Å². The number of hydrogen-bond acceptors (Lipinski definition) is 5. The summed E-state index contributed by atoms with van der Waals surface area (Å²) in [5.41, 5.74) is 5.37. The van der Waals surface area contributed by atoms with Crippen LogP contribution in [0.3, 0.4) is 0 Å². The van der Waals surface area contributed by atoms with Crippen LogP contribution in [-0.2, 0) is 11.2 Å². The van der Waals surface area contributed by atoms with E-state index >= 15 is 0 Å². The van der Waals surface area contributed by atoms with Gasteiger partial charge in [0.25, 0.3) is 5.91 Å². The molecule has 6 nitrogen and oxygen atoms in total. The summed E-state index contributed by atoms with van der Waals surface area (Å²) < 4.78 is 5.44. The molecular formula is C24H26N4O2. The van der Waals surface area contributed by atoms with Crippen molar-refractivity contribution in [1.82, 2.24) is 9.97 Å². The molecule has 2 aromatic heterocycles. The summed E-state index contributed by atoms with van der Waals surface area (Å²) in [7, 11) is 0. The van der Waals surface area contributed by atoms with E-state index in [1.165, 1.54) is 0 Å². The van der Waals surface area contributed by atoms with Crippen LogP contribution in [0.25, 0.3) is 11.1 Å². The van der Waals surface area contributed by atoms with Gasteiger partial charge in [-0.15, -0.1) is 0 Å². The number of hydrogen-bond donors (Lipinski definition) is 1. The summed E-state index contributed by atoms with van der Waals surface area (Å²) in [6, 6.07) is 13.7. The first-order chi connectivity index (χ1) is 14.6. The number of pyridine rings is 2. The Hall–Kier alpha value is -3.25. The van der Waals surface area contributed by atoms with Crippen LogP contribution in [0.15, 0.2) is 54.9 Å². The molecule has 154 valence electrons. The van der Waals surface area contributed by atoms with Gasteiger partial charge < -0.3 is 15.0 Å². The standard InChI is InChI=1S/C24H26N4O2/c1-3-18-5-4-6-20(13-18)24(29)27-21-15-22(17(2)26-16-21)19-7-8-25-23(14-19)28-9-11-30-12-10-28/h4-8,13-16H,3,9-12H2,1-2H3,(H,27,29). The minimum atomic E-state index is -0.134. The van der Waals surface area contributed by atoms with E-state index in [4.69, 9.17) is 4.74 Å². The molecule has 0 unspecified atom stereocenters. The third kappa shape index (κ3) is 4.49. The fourth-order valence-corrected chi connectivity index (χ4v) is 3.58. The number of aryl methyl sites for hydroxylation is 2. The molecule has 30 heavy (non-hydrogen) atoms. The van der Waals surface area contributed by atoms with Crippen molar-refractivity contribution in [2.45, 2.75) is 20.3 Å². The molecule has 1 aliphatic heterocycles. The number of aromatic nitrogens is 2. The number of nitrogens with one attached hydrogen (secondary N) is 1. The first-order valence-electron chi connectivity index (χ1n) is 10.3. The van der Waals surface area contributed by atoms with Gasteiger partial charge in [0.05, 0.1) is 25.1 Å². The molecular weight excluding hydrogens is 376 g/mol. The Balaban J connectivity index is 1.58. The Morgan fingerprint density at radius 3 is 2.77 bits per heavy atom. The minimum Gasteiger partial charge on any atom is -0.378 e. The van der Waals surface area contributed by atoms with Crippen molar-refractivity contribution in [2.75, 3.05) is 36.5 Å². The van der Waals surface area contributed by atoms with Gasteiger partial charge in [0.15, 0.2) is 0 Å². The van der Waals surface area contributed by atoms with Gasteiger partial charge in [-0.3, -0.25) is 9.78 Å². The van der Waals surface area contributed by atoms with Crippen molar-refractivity contribution in [1.29, 1.82) is 0 Å². The van der Waals surface area contributed by atoms with E-state index in [1.807, 2.05) is 49.5 Å². The van der Waals surface area contributed by atoms with Crippen molar-refractivity contribution >= 4 is 17.4 Å². The molecule has 0 aliphatic carbocycles. The smallest absolute Gasteiger partial charge is 0.255 e. The average molecular weight is 402 g/mol. The average Bonchev–Trinajstić information content (AvgIpc) is 2.81. The molecule has 0 spiro atoms. The summed E-state index contributed by atoms with van der Waals surface area (Å²) in [5, 5.41) is 2.98. The summed E-state index contributed by atoms with van der Waals surface area (Å²) in [6.45, 7) is 7.15. The van der Waals surface area contributed by atoms with Crippen molar-refractivity contribution in [3.63, 3.8) is 0 Å². The van der Waals surface area contributed by atoms with Crippen LogP contribution >= 0.6 is 0 Å². The number of carbonyl (C=O) groups excluding carboxylic acids is 1. The quantitative estimate of drug-likeness (QED) is 0.696. The van der Waals surface area contributed by atoms with Gasteiger partial charge in [-0.25, -0.2) is 4.98 Å². The van der Waals surface area contributed by atoms with Crippen molar-refractivity contribution in [3.05, 3.63) is 71.7 Å². The van der Waals surface area contributed by atoms with E-state index in [0.29, 0.717) is 24.5 Å². The Labute approximate surface area is 176 Å². The third-order valence-corrected chi connectivity index (χ3v) is 5.33. The lowest BCUT2D eigenvalue weighted by Gasteiger charge is -2.28. The Bertz CT molecular complexity index is 1040. The van der Waals surface area contributed by atoms with Crippen LogP contribution in [-0.4, -0.2) is 42.2 Å². The van der Waals surface area contributed by atoms with Crippen LogP contribution in [0.5, 0.6) is 0 Å². The normalized spacial score (nSPS) is 13.9. The highest BCUT2D eigenvalue weighted by Crippen LogP contribution is 2.28. The van der Waals surface area contributed by atoms with Crippen LogP contribution < -0.4 is 10.2 Å². The summed E-state index contributed by atoms with van der Waals surface area (Å²) >= 11 is 0. The van der Waals surface area contributed by atoms with E-state index in [1.54, 1.807) is 6.20 Å². The fourth-order valence-electron chi connectivity index (χ4n) is 3.58. The van der Waals surface area contributed by atoms with E-state index in [2.05, 4.69) is 33.2 Å². The highest BCUT2D eigenvalue weighted by Gasteiger charge is 2.15. The SMILES string of the molecule is CCc1cccc(C(=O)Nc2cnc(C)c(-c3ccnc(N4CCOCC4)c3)c2)c1. The zero-order valence-electron chi connectivity index (χ0n) is 17.4. The zero-order valence-corrected chi connectivity index (χ0v) is 17.4. The molecule has 1 fully saturated rings. The number of ether oxygens (including phenoxy) is 1. The Morgan fingerprint density at radius 1 is 1.13 bits per heavy atom. The minimum absolute atomic E-state index is 0.134. The molecule has 3 heterocycles. The van der Waals surface area contributed by atoms with Gasteiger partial charge in [-0.05, 0) is 54.8 Å². The predicted octanol–water partition coefficient (Wildman–Crippen LogP) is 4.10. The molecule has 6 heteroatoms. The maximum absolute atomic E-state index is 12.7. The molecule has 4 rings (SSSR count). The maximum atomic E-state index is 12.7. The number of rotatable bonds is 5. The zero-order chi connectivity index (χ0) is 20.9. The summed E-state index contributed by atoms with van der Waals surface area (Å²) in [4.78, 5) is 24.0. The molecule has 1 aliphatic rings. The number of nitrogens with zero attached hydrogens (tertiary/aromatic N) is 3. The number of benzene rings is 1. The number of morpholine rings is 1. The second-order valence-corrected chi connectivity index (χ2v) is 7.37. The lowest BCUT2D eigenvalue weighted by Crippen LogP contribution is -2.36. The molecule has 1 aromatic carbocycles. The molecule has 0 bridgehead atoms. The van der Waals surface area contributed by atoms with Crippen molar-refractivity contribution in [2.24, 2.45) is 0 Å². The van der Waals surface area contributed by atoms with Gasteiger partial charge in [-0.1, -0.05) is 19.1 Å². The first-order valence-corrected chi connectivity index (χ1v) is 10.3. The van der Waals surface area contributed by atoms with Crippen LogP contribution in [0.1, 0.15) is 28.5 Å². The molecule has 1 saturated heterocycles. The predicted molar refractivity (Wildman–Crippen MR) is 119 cm³/mol. The lowest BCUT2D eigenvalue weighted by atomic mass is 10.0. The third-order valence-electron chi connectivity index (χ3n) is 5.33. The van der Waals surface area contributed by atoms with Crippen molar-refractivity contribution in [3.8, 4) is 11.1 Å². The van der Waals surface area contributed by atoms with E-state index < -0.39 is 0 Å². The molecule has 1 amide bonds. The van der Waals surface area contributed by atoms with Gasteiger partial charge in [-0.2, -0.15) is 0 Å². The Kier molecular flexibility index (Phi) is 6.05. The van der Waals surface area contributed by atoms with E-state index in [-0.39, 0.29) is 5.91 Å². The largest absolute Gasteiger partial charge is 0.378 e. The molecule has 3 aromatic rings. The summed E-state index contributed by atoms with van der Waals surface area (Å²) in [5.74, 6) is 0.798. The second kappa shape index (κ2) is 9.05. The lowest BCUT2D eigenvalue weighted by molar-refractivity contribution is 0.102. The van der Waals surface area contributed by atoms with Gasteiger partial charge in [0, 0.05) is 36.1 Å².